The molecule has 2 heterocycles. The summed E-state index contributed by atoms with van der Waals surface area (Å²) in [4.78, 5) is 26.2. The van der Waals surface area contributed by atoms with Crippen LogP contribution in [-0.4, -0.2) is 52.3 Å². The van der Waals surface area contributed by atoms with Crippen molar-refractivity contribution in [2.45, 2.75) is 32.4 Å². The summed E-state index contributed by atoms with van der Waals surface area (Å²) in [6, 6.07) is 7.17. The normalized spacial score (nSPS) is 20.0. The number of aryl methyl sites for hydroxylation is 1. The van der Waals surface area contributed by atoms with Crippen LogP contribution in [0.15, 0.2) is 30.5 Å². The number of likely N-dealkylation sites (tertiary alicyclic amines) is 1. The summed E-state index contributed by atoms with van der Waals surface area (Å²) < 4.78 is 7.05. The van der Waals surface area contributed by atoms with Crippen molar-refractivity contribution in [1.29, 1.82) is 0 Å². The zero-order valence-electron chi connectivity index (χ0n) is 14.6. The Morgan fingerprint density at radius 1 is 1.28 bits per heavy atom. The van der Waals surface area contributed by atoms with Crippen molar-refractivity contribution in [2.24, 2.45) is 5.73 Å². The van der Waals surface area contributed by atoms with Crippen molar-refractivity contribution in [3.8, 4) is 5.69 Å². The standard InChI is InChI=1S/C18H22N4O3/c1-11-6-4-5-7-15(11)22-12(2)14(9-20-22)18(24)21-10-13(25-3)8-16(21)17(19)23/h4-7,9,13,16H,8,10H2,1-3H3,(H2,19,23)/t13-,16-/m0/s1. The molecule has 2 atom stereocenters. The molecular weight excluding hydrogens is 320 g/mol. The zero-order chi connectivity index (χ0) is 18.1. The number of rotatable bonds is 4. The Kier molecular flexibility index (Phi) is 4.59. The van der Waals surface area contributed by atoms with E-state index in [9.17, 15) is 9.59 Å². The van der Waals surface area contributed by atoms with Crippen LogP contribution >= 0.6 is 0 Å². The molecule has 1 aliphatic rings. The lowest BCUT2D eigenvalue weighted by Crippen LogP contribution is -2.43. The van der Waals surface area contributed by atoms with Gasteiger partial charge in [-0.25, -0.2) is 4.68 Å². The SMILES string of the molecule is CO[C@H]1C[C@@H](C(N)=O)N(C(=O)c2cnn(-c3ccccc3C)c2C)C1. The molecule has 1 aliphatic heterocycles. The number of nitrogens with two attached hydrogens (primary N) is 1. The van der Waals surface area contributed by atoms with Gasteiger partial charge in [0.2, 0.25) is 5.91 Å². The average Bonchev–Trinajstić information content (AvgIpc) is 3.19. The highest BCUT2D eigenvalue weighted by Gasteiger charge is 2.39. The number of para-hydroxylation sites is 1. The minimum atomic E-state index is -0.654. The molecule has 1 aromatic carbocycles. The van der Waals surface area contributed by atoms with E-state index >= 15 is 0 Å². The number of amides is 2. The molecule has 132 valence electrons. The van der Waals surface area contributed by atoms with E-state index in [2.05, 4.69) is 5.10 Å². The Morgan fingerprint density at radius 3 is 2.64 bits per heavy atom. The zero-order valence-corrected chi connectivity index (χ0v) is 14.6. The highest BCUT2D eigenvalue weighted by atomic mass is 16.5. The van der Waals surface area contributed by atoms with Crippen LogP contribution in [0.5, 0.6) is 0 Å². The maximum absolute atomic E-state index is 13.0. The lowest BCUT2D eigenvalue weighted by atomic mass is 10.1. The molecule has 25 heavy (non-hydrogen) atoms. The van der Waals surface area contributed by atoms with Crippen LogP contribution in [0.1, 0.15) is 28.0 Å². The van der Waals surface area contributed by atoms with Gasteiger partial charge in [0, 0.05) is 20.1 Å². The van der Waals surface area contributed by atoms with Gasteiger partial charge in [-0.2, -0.15) is 5.10 Å². The quantitative estimate of drug-likeness (QED) is 0.904. The van der Waals surface area contributed by atoms with Crippen LogP contribution in [0.2, 0.25) is 0 Å². The van der Waals surface area contributed by atoms with Gasteiger partial charge in [-0.15, -0.1) is 0 Å². The second-order valence-corrected chi connectivity index (χ2v) is 6.31. The summed E-state index contributed by atoms with van der Waals surface area (Å²) in [5, 5.41) is 4.37. The van der Waals surface area contributed by atoms with Crippen LogP contribution in [0.4, 0.5) is 0 Å². The third-order valence-electron chi connectivity index (χ3n) is 4.77. The van der Waals surface area contributed by atoms with E-state index < -0.39 is 11.9 Å². The minimum Gasteiger partial charge on any atom is -0.380 e. The first kappa shape index (κ1) is 17.2. The van der Waals surface area contributed by atoms with Gasteiger partial charge in [0.15, 0.2) is 0 Å². The predicted octanol–water partition coefficient (Wildman–Crippen LogP) is 1.20. The molecule has 0 radical (unpaired) electrons. The van der Waals surface area contributed by atoms with E-state index in [1.54, 1.807) is 18.0 Å². The van der Waals surface area contributed by atoms with Crippen molar-refractivity contribution in [1.82, 2.24) is 14.7 Å². The van der Waals surface area contributed by atoms with Crippen molar-refractivity contribution in [3.05, 3.63) is 47.3 Å². The number of carbonyl (C=O) groups is 2. The summed E-state index contributed by atoms with van der Waals surface area (Å²) in [7, 11) is 1.57. The Balaban J connectivity index is 1.94. The van der Waals surface area contributed by atoms with Gasteiger partial charge in [0.05, 0.1) is 29.2 Å². The first-order valence-corrected chi connectivity index (χ1v) is 8.17. The highest BCUT2D eigenvalue weighted by molar-refractivity contribution is 5.98. The number of carbonyl (C=O) groups excluding carboxylic acids is 2. The van der Waals surface area contributed by atoms with E-state index in [0.717, 1.165) is 16.9 Å². The fraction of sp³-hybridized carbons (Fsp3) is 0.389. The minimum absolute atomic E-state index is 0.187. The Bertz CT molecular complexity index is 814. The number of hydrogen-bond donors (Lipinski definition) is 1. The fourth-order valence-corrected chi connectivity index (χ4v) is 3.28. The highest BCUT2D eigenvalue weighted by Crippen LogP contribution is 2.24. The summed E-state index contributed by atoms with van der Waals surface area (Å²) in [6.45, 7) is 4.18. The van der Waals surface area contributed by atoms with Gasteiger partial charge in [0.1, 0.15) is 6.04 Å². The van der Waals surface area contributed by atoms with E-state index in [-0.39, 0.29) is 12.0 Å². The first-order chi connectivity index (χ1) is 11.9. The summed E-state index contributed by atoms with van der Waals surface area (Å²) in [6.07, 6.45) is 1.78. The number of nitrogens with zero attached hydrogens (tertiary/aromatic N) is 3. The molecule has 2 amide bonds. The van der Waals surface area contributed by atoms with Gasteiger partial charge in [-0.05, 0) is 25.5 Å². The molecule has 2 N–H and O–H groups in total. The predicted molar refractivity (Wildman–Crippen MR) is 92.5 cm³/mol. The second-order valence-electron chi connectivity index (χ2n) is 6.31. The van der Waals surface area contributed by atoms with E-state index in [0.29, 0.717) is 18.5 Å². The maximum Gasteiger partial charge on any atom is 0.258 e. The van der Waals surface area contributed by atoms with Crippen molar-refractivity contribution < 1.29 is 14.3 Å². The Labute approximate surface area is 146 Å². The van der Waals surface area contributed by atoms with Crippen LogP contribution in [0, 0.1) is 13.8 Å². The summed E-state index contributed by atoms with van der Waals surface area (Å²) in [5.74, 6) is -0.766. The lowest BCUT2D eigenvalue weighted by Gasteiger charge is -2.21. The fourth-order valence-electron chi connectivity index (χ4n) is 3.28. The monoisotopic (exact) mass is 342 g/mol. The van der Waals surface area contributed by atoms with Gasteiger partial charge in [-0.3, -0.25) is 9.59 Å². The molecular formula is C18H22N4O3. The van der Waals surface area contributed by atoms with Crippen LogP contribution in [0.3, 0.4) is 0 Å². The number of hydrogen-bond acceptors (Lipinski definition) is 4. The molecule has 1 saturated heterocycles. The third kappa shape index (κ3) is 3.02. The second kappa shape index (κ2) is 6.68. The topological polar surface area (TPSA) is 90.4 Å². The van der Waals surface area contributed by atoms with Crippen LogP contribution in [-0.2, 0) is 9.53 Å². The van der Waals surface area contributed by atoms with Gasteiger partial charge in [0.25, 0.3) is 5.91 Å². The number of benzene rings is 1. The molecule has 0 unspecified atom stereocenters. The molecule has 7 heteroatoms. The number of ether oxygens (including phenoxy) is 1. The number of aromatic nitrogens is 2. The molecule has 0 saturated carbocycles. The maximum atomic E-state index is 13.0. The smallest absolute Gasteiger partial charge is 0.258 e. The van der Waals surface area contributed by atoms with Gasteiger partial charge < -0.3 is 15.4 Å². The van der Waals surface area contributed by atoms with Crippen LogP contribution < -0.4 is 5.73 Å². The van der Waals surface area contributed by atoms with Gasteiger partial charge >= 0.3 is 0 Å². The summed E-state index contributed by atoms with van der Waals surface area (Å²) >= 11 is 0. The molecule has 1 aromatic heterocycles. The molecule has 1 fully saturated rings. The third-order valence-corrected chi connectivity index (χ3v) is 4.77. The van der Waals surface area contributed by atoms with Crippen molar-refractivity contribution >= 4 is 11.8 Å². The van der Waals surface area contributed by atoms with Gasteiger partial charge in [-0.1, -0.05) is 18.2 Å². The lowest BCUT2D eigenvalue weighted by molar-refractivity contribution is -0.121. The first-order valence-electron chi connectivity index (χ1n) is 8.17. The average molecular weight is 342 g/mol. The van der Waals surface area contributed by atoms with Crippen LogP contribution in [0.25, 0.3) is 5.69 Å². The molecule has 7 nitrogen and oxygen atoms in total. The number of primary amides is 1. The van der Waals surface area contributed by atoms with E-state index in [1.807, 2.05) is 38.1 Å². The molecule has 0 bridgehead atoms. The number of methoxy groups -OCH3 is 1. The molecule has 0 spiro atoms. The largest absolute Gasteiger partial charge is 0.380 e. The van der Waals surface area contributed by atoms with Crippen molar-refractivity contribution in [2.75, 3.05) is 13.7 Å². The summed E-state index contributed by atoms with van der Waals surface area (Å²) in [5.41, 5.74) is 8.63. The van der Waals surface area contributed by atoms with Crippen molar-refractivity contribution in [3.63, 3.8) is 0 Å². The molecule has 2 aromatic rings. The Morgan fingerprint density at radius 2 is 2.00 bits per heavy atom. The molecule has 3 rings (SSSR count). The molecule has 0 aliphatic carbocycles. The van der Waals surface area contributed by atoms with E-state index in [1.165, 1.54) is 4.90 Å². The Hall–Kier alpha value is -2.67. The van der Waals surface area contributed by atoms with E-state index in [4.69, 9.17) is 10.5 Å².